The number of thioether (sulfide) groups is 1. The van der Waals surface area contributed by atoms with Crippen molar-refractivity contribution in [3.63, 3.8) is 0 Å². The highest BCUT2D eigenvalue weighted by Gasteiger charge is 2.17. The Morgan fingerprint density at radius 3 is 2.74 bits per heavy atom. The predicted molar refractivity (Wildman–Crippen MR) is 78.6 cm³/mol. The first-order valence-electron chi connectivity index (χ1n) is 5.72. The number of rotatable bonds is 5. The third-order valence-electron chi connectivity index (χ3n) is 2.44. The van der Waals surface area contributed by atoms with E-state index in [1.165, 1.54) is 6.07 Å². The fraction of sp³-hybridized carbons (Fsp3) is 0.385. The van der Waals surface area contributed by atoms with E-state index in [1.807, 2.05) is 13.2 Å². The average molecular weight is 299 g/mol. The van der Waals surface area contributed by atoms with Crippen LogP contribution in [0.4, 0.5) is 0 Å². The fourth-order valence-electron chi connectivity index (χ4n) is 1.33. The summed E-state index contributed by atoms with van der Waals surface area (Å²) in [6, 6.07) is 6.49. The van der Waals surface area contributed by atoms with E-state index in [-0.39, 0.29) is 16.8 Å². The molecule has 1 atom stereocenters. The molecule has 0 fully saturated rings. The number of benzene rings is 1. The molecule has 0 saturated carbocycles. The van der Waals surface area contributed by atoms with Crippen LogP contribution in [0.3, 0.4) is 0 Å². The van der Waals surface area contributed by atoms with Crippen LogP contribution in [-0.4, -0.2) is 38.2 Å². The van der Waals surface area contributed by atoms with E-state index in [2.05, 4.69) is 16.6 Å². The second-order valence-corrected chi connectivity index (χ2v) is 6.87. The number of aliphatic hydroxyl groups is 1. The van der Waals surface area contributed by atoms with Gasteiger partial charge in [0.1, 0.15) is 6.61 Å². The summed E-state index contributed by atoms with van der Waals surface area (Å²) in [6.45, 7) is 2.02. The molecule has 1 aromatic rings. The zero-order valence-corrected chi connectivity index (χ0v) is 12.5. The lowest BCUT2D eigenvalue weighted by Crippen LogP contribution is -2.30. The molecular weight excluding hydrogens is 282 g/mol. The van der Waals surface area contributed by atoms with Crippen LogP contribution in [0.15, 0.2) is 29.2 Å². The van der Waals surface area contributed by atoms with Crippen molar-refractivity contribution in [1.82, 2.24) is 4.72 Å². The molecule has 0 saturated heterocycles. The molecule has 0 aliphatic rings. The van der Waals surface area contributed by atoms with Gasteiger partial charge in [0.15, 0.2) is 0 Å². The van der Waals surface area contributed by atoms with Gasteiger partial charge >= 0.3 is 0 Å². The van der Waals surface area contributed by atoms with E-state index < -0.39 is 10.0 Å². The third-order valence-corrected chi connectivity index (χ3v) is 4.90. The summed E-state index contributed by atoms with van der Waals surface area (Å²) in [5.74, 6) is 5.11. The van der Waals surface area contributed by atoms with Crippen molar-refractivity contribution < 1.29 is 13.5 Å². The molecule has 0 aliphatic heterocycles. The molecule has 0 spiro atoms. The lowest BCUT2D eigenvalue weighted by Gasteiger charge is -2.11. The van der Waals surface area contributed by atoms with E-state index in [1.54, 1.807) is 30.0 Å². The molecule has 1 rings (SSSR count). The number of sulfonamides is 1. The molecule has 6 heteroatoms. The molecule has 1 unspecified atom stereocenters. The first-order chi connectivity index (χ1) is 9.01. The summed E-state index contributed by atoms with van der Waals surface area (Å²) in [5, 5.41) is 8.89. The number of hydrogen-bond donors (Lipinski definition) is 2. The van der Waals surface area contributed by atoms with Gasteiger partial charge in [0.2, 0.25) is 10.0 Å². The molecule has 1 aromatic carbocycles. The topological polar surface area (TPSA) is 66.4 Å². The van der Waals surface area contributed by atoms with Gasteiger partial charge < -0.3 is 5.11 Å². The van der Waals surface area contributed by atoms with Gasteiger partial charge in [-0.25, -0.2) is 13.1 Å². The van der Waals surface area contributed by atoms with Gasteiger partial charge in [0, 0.05) is 17.4 Å². The molecule has 0 heterocycles. The summed E-state index contributed by atoms with van der Waals surface area (Å²) < 4.78 is 26.9. The van der Waals surface area contributed by atoms with E-state index in [0.717, 1.165) is 0 Å². The van der Waals surface area contributed by atoms with Gasteiger partial charge in [0.25, 0.3) is 0 Å². The zero-order chi connectivity index (χ0) is 14.3. The molecule has 19 heavy (non-hydrogen) atoms. The molecular formula is C13H17NO3S2. The highest BCUT2D eigenvalue weighted by Crippen LogP contribution is 2.14. The average Bonchev–Trinajstić information content (AvgIpc) is 2.42. The Kier molecular flexibility index (Phi) is 6.38. The van der Waals surface area contributed by atoms with Gasteiger partial charge in [0.05, 0.1) is 4.90 Å². The molecule has 4 nitrogen and oxygen atoms in total. The maximum Gasteiger partial charge on any atom is 0.241 e. The maximum absolute atomic E-state index is 12.2. The van der Waals surface area contributed by atoms with Gasteiger partial charge in [-0.2, -0.15) is 11.8 Å². The van der Waals surface area contributed by atoms with Crippen LogP contribution in [-0.2, 0) is 10.0 Å². The van der Waals surface area contributed by atoms with Gasteiger partial charge in [-0.3, -0.25) is 0 Å². The quantitative estimate of drug-likeness (QED) is 0.798. The molecule has 0 radical (unpaired) electrons. The van der Waals surface area contributed by atoms with Crippen LogP contribution < -0.4 is 4.72 Å². The first kappa shape index (κ1) is 16.1. The van der Waals surface area contributed by atoms with Crippen molar-refractivity contribution >= 4 is 21.8 Å². The van der Waals surface area contributed by atoms with E-state index >= 15 is 0 Å². The smallest absolute Gasteiger partial charge is 0.241 e. The Morgan fingerprint density at radius 1 is 1.42 bits per heavy atom. The largest absolute Gasteiger partial charge is 0.384 e. The monoisotopic (exact) mass is 299 g/mol. The first-order valence-corrected chi connectivity index (χ1v) is 8.49. The Bertz CT molecular complexity index is 573. The minimum Gasteiger partial charge on any atom is -0.384 e. The summed E-state index contributed by atoms with van der Waals surface area (Å²) in [7, 11) is -3.57. The van der Waals surface area contributed by atoms with E-state index in [9.17, 15) is 8.42 Å². The van der Waals surface area contributed by atoms with Crippen LogP contribution >= 0.6 is 11.8 Å². The van der Waals surface area contributed by atoms with Crippen molar-refractivity contribution in [1.29, 1.82) is 0 Å². The second kappa shape index (κ2) is 7.56. The maximum atomic E-state index is 12.2. The lowest BCUT2D eigenvalue weighted by molar-refractivity contribution is 0.350. The Morgan fingerprint density at radius 2 is 2.11 bits per heavy atom. The fourth-order valence-corrected chi connectivity index (χ4v) is 2.97. The summed E-state index contributed by atoms with van der Waals surface area (Å²) in [5.41, 5.74) is 0.390. The van der Waals surface area contributed by atoms with Crippen molar-refractivity contribution in [2.45, 2.75) is 17.1 Å². The van der Waals surface area contributed by atoms with Crippen LogP contribution in [0, 0.1) is 11.8 Å². The number of aliphatic hydroxyl groups excluding tert-OH is 1. The lowest BCUT2D eigenvalue weighted by atomic mass is 10.2. The third kappa shape index (κ3) is 4.88. The Balaban J connectivity index is 3.01. The van der Waals surface area contributed by atoms with Crippen LogP contribution in [0.2, 0.25) is 0 Å². The minimum atomic E-state index is -3.57. The van der Waals surface area contributed by atoms with Crippen LogP contribution in [0.1, 0.15) is 12.5 Å². The van der Waals surface area contributed by atoms with Crippen LogP contribution in [0.25, 0.3) is 0 Å². The molecule has 0 amide bonds. The minimum absolute atomic E-state index is 0.143. The van der Waals surface area contributed by atoms with Crippen LogP contribution in [0.5, 0.6) is 0 Å². The summed E-state index contributed by atoms with van der Waals surface area (Å²) in [4.78, 5) is 0.143. The zero-order valence-electron chi connectivity index (χ0n) is 10.9. The normalized spacial score (nSPS) is 12.6. The number of hydrogen-bond acceptors (Lipinski definition) is 4. The molecule has 2 N–H and O–H groups in total. The van der Waals surface area contributed by atoms with Gasteiger partial charge in [-0.05, 0) is 18.4 Å². The van der Waals surface area contributed by atoms with Crippen molar-refractivity contribution in [3.8, 4) is 11.8 Å². The predicted octanol–water partition coefficient (Wildman–Crippen LogP) is 1.06. The van der Waals surface area contributed by atoms with Crippen molar-refractivity contribution in [3.05, 3.63) is 29.8 Å². The van der Waals surface area contributed by atoms with Gasteiger partial charge in [-0.1, -0.05) is 30.9 Å². The van der Waals surface area contributed by atoms with E-state index in [4.69, 9.17) is 5.11 Å². The molecule has 0 aromatic heterocycles. The summed E-state index contributed by atoms with van der Waals surface area (Å²) >= 11 is 1.59. The molecule has 0 bridgehead atoms. The second-order valence-electron chi connectivity index (χ2n) is 3.85. The Labute approximate surface area is 118 Å². The summed E-state index contributed by atoms with van der Waals surface area (Å²) in [6.07, 6.45) is 1.93. The van der Waals surface area contributed by atoms with Crippen molar-refractivity contribution in [2.75, 3.05) is 19.4 Å². The van der Waals surface area contributed by atoms with E-state index in [0.29, 0.717) is 12.1 Å². The highest BCUT2D eigenvalue weighted by molar-refractivity contribution is 7.99. The number of nitrogens with one attached hydrogen (secondary N) is 1. The molecule has 0 aliphatic carbocycles. The highest BCUT2D eigenvalue weighted by atomic mass is 32.2. The SMILES string of the molecule is CSC(C)CNS(=O)(=O)c1ccccc1C#CCO. The van der Waals surface area contributed by atoms with Crippen molar-refractivity contribution in [2.24, 2.45) is 0 Å². The van der Waals surface area contributed by atoms with Gasteiger partial charge in [-0.15, -0.1) is 0 Å². The molecule has 104 valence electrons. The standard InChI is InChI=1S/C13H17NO3S2/c1-11(18-2)10-14-19(16,17)13-8-4-3-6-12(13)7-5-9-15/h3-4,6,8,11,14-15H,9-10H2,1-2H3. The Hall–Kier alpha value is -1.00.